The van der Waals surface area contributed by atoms with E-state index in [1.54, 1.807) is 6.20 Å². The lowest BCUT2D eigenvalue weighted by atomic mass is 9.87. The van der Waals surface area contributed by atoms with E-state index in [-0.39, 0.29) is 11.4 Å². The Morgan fingerprint density at radius 3 is 2.08 bits per heavy atom. The number of carbonyl (C=O) groups is 1. The monoisotopic (exact) mass is 356 g/mol. The molecular weight excluding hydrogens is 328 g/mol. The molecule has 0 unspecified atom stereocenters. The lowest BCUT2D eigenvalue weighted by Crippen LogP contribution is -2.23. The second kappa shape index (κ2) is 7.59. The topological polar surface area (TPSA) is 73.4 Å². The summed E-state index contributed by atoms with van der Waals surface area (Å²) in [5.74, 6) is 1.22. The highest BCUT2D eigenvalue weighted by Crippen LogP contribution is 2.25. The third kappa shape index (κ3) is 4.84. The summed E-state index contributed by atoms with van der Waals surface area (Å²) < 4.78 is 0. The predicted molar refractivity (Wildman–Crippen MR) is 108 cm³/mol. The summed E-state index contributed by atoms with van der Waals surface area (Å²) in [6.45, 7) is 6.47. The van der Waals surface area contributed by atoms with Crippen molar-refractivity contribution in [3.8, 4) is 0 Å². The Kier molecular flexibility index (Phi) is 5.69. The van der Waals surface area contributed by atoms with Gasteiger partial charge in [0, 0.05) is 33.9 Å². The number of amides is 2. The molecular formula is C19H28N6O. The van der Waals surface area contributed by atoms with E-state index in [0.717, 1.165) is 5.69 Å². The molecule has 0 saturated heterocycles. The van der Waals surface area contributed by atoms with E-state index in [1.807, 2.05) is 62.3 Å². The zero-order valence-corrected chi connectivity index (χ0v) is 16.6. The van der Waals surface area contributed by atoms with Crippen LogP contribution in [0.2, 0.25) is 0 Å². The maximum absolute atomic E-state index is 12.4. The zero-order chi connectivity index (χ0) is 19.5. The summed E-state index contributed by atoms with van der Waals surface area (Å²) in [5.41, 5.74) is 2.57. The first kappa shape index (κ1) is 19.5. The lowest BCUT2D eigenvalue weighted by molar-refractivity contribution is 0.262. The summed E-state index contributed by atoms with van der Waals surface area (Å²) in [6, 6.07) is 7.51. The van der Waals surface area contributed by atoms with Crippen molar-refractivity contribution in [1.82, 2.24) is 9.97 Å². The third-order valence-electron chi connectivity index (χ3n) is 3.84. The van der Waals surface area contributed by atoms with Crippen LogP contribution >= 0.6 is 0 Å². The predicted octanol–water partition coefficient (Wildman–Crippen LogP) is 3.55. The number of nitrogens with one attached hydrogen (secondary N) is 2. The van der Waals surface area contributed by atoms with Gasteiger partial charge in [0.1, 0.15) is 5.69 Å². The molecule has 0 atom stereocenters. The van der Waals surface area contributed by atoms with E-state index in [0.29, 0.717) is 17.5 Å². The quantitative estimate of drug-likeness (QED) is 0.876. The Bertz CT molecular complexity index is 763. The fourth-order valence-electron chi connectivity index (χ4n) is 2.35. The average molecular weight is 356 g/mol. The van der Waals surface area contributed by atoms with E-state index in [1.165, 1.54) is 5.56 Å². The van der Waals surface area contributed by atoms with Crippen LogP contribution in [0.3, 0.4) is 0 Å². The van der Waals surface area contributed by atoms with Gasteiger partial charge in [-0.25, -0.2) is 9.78 Å². The standard InChI is InChI=1S/C19H28N6O/c1-19(2,3)13-8-10-14(11-9-13)21-18(26)22-15-12-20-17(25(6)7)23-16(15)24(4)5/h8-12H,1-7H3,(H2,21,22,26). The summed E-state index contributed by atoms with van der Waals surface area (Å²) in [6.07, 6.45) is 1.61. The van der Waals surface area contributed by atoms with Crippen molar-refractivity contribution in [2.75, 3.05) is 48.6 Å². The first-order valence-corrected chi connectivity index (χ1v) is 8.48. The summed E-state index contributed by atoms with van der Waals surface area (Å²) >= 11 is 0. The molecule has 0 bridgehead atoms. The SMILES string of the molecule is CN(C)c1ncc(NC(=O)Nc2ccc(C(C)(C)C)cc2)c(N(C)C)n1. The second-order valence-corrected chi connectivity index (χ2v) is 7.60. The minimum Gasteiger partial charge on any atom is -0.361 e. The van der Waals surface area contributed by atoms with E-state index >= 15 is 0 Å². The zero-order valence-electron chi connectivity index (χ0n) is 16.6. The number of hydrogen-bond donors (Lipinski definition) is 2. The Morgan fingerprint density at radius 1 is 0.962 bits per heavy atom. The Balaban J connectivity index is 2.12. The normalized spacial score (nSPS) is 11.0. The molecule has 26 heavy (non-hydrogen) atoms. The van der Waals surface area contributed by atoms with Crippen molar-refractivity contribution in [3.63, 3.8) is 0 Å². The molecule has 2 aromatic rings. The van der Waals surface area contributed by atoms with Gasteiger partial charge >= 0.3 is 6.03 Å². The molecule has 2 amide bonds. The van der Waals surface area contributed by atoms with Gasteiger partial charge in [0.05, 0.1) is 6.20 Å². The first-order valence-electron chi connectivity index (χ1n) is 8.48. The fourth-order valence-corrected chi connectivity index (χ4v) is 2.35. The Hall–Kier alpha value is -2.83. The minimum absolute atomic E-state index is 0.0763. The largest absolute Gasteiger partial charge is 0.361 e. The average Bonchev–Trinajstić information content (AvgIpc) is 2.54. The van der Waals surface area contributed by atoms with Gasteiger partial charge in [0.2, 0.25) is 5.95 Å². The molecule has 1 aromatic carbocycles. The Morgan fingerprint density at radius 2 is 1.58 bits per heavy atom. The highest BCUT2D eigenvalue weighted by Gasteiger charge is 2.15. The molecule has 0 aliphatic carbocycles. The number of hydrogen-bond acceptors (Lipinski definition) is 5. The summed E-state index contributed by atoms with van der Waals surface area (Å²) in [7, 11) is 7.48. The van der Waals surface area contributed by atoms with Crippen molar-refractivity contribution in [2.45, 2.75) is 26.2 Å². The first-order chi connectivity index (χ1) is 12.1. The van der Waals surface area contributed by atoms with Crippen LogP contribution in [0.1, 0.15) is 26.3 Å². The third-order valence-corrected chi connectivity index (χ3v) is 3.84. The van der Waals surface area contributed by atoms with Crippen LogP contribution < -0.4 is 20.4 Å². The van der Waals surface area contributed by atoms with Gasteiger partial charge in [-0.05, 0) is 23.1 Å². The van der Waals surface area contributed by atoms with Gasteiger partial charge in [0.15, 0.2) is 5.82 Å². The van der Waals surface area contributed by atoms with Crippen molar-refractivity contribution >= 4 is 29.2 Å². The number of carbonyl (C=O) groups excluding carboxylic acids is 1. The molecule has 0 aliphatic heterocycles. The number of rotatable bonds is 4. The van der Waals surface area contributed by atoms with E-state index in [2.05, 4.69) is 41.4 Å². The van der Waals surface area contributed by atoms with Gasteiger partial charge in [-0.15, -0.1) is 0 Å². The van der Waals surface area contributed by atoms with E-state index in [9.17, 15) is 4.79 Å². The highest BCUT2D eigenvalue weighted by atomic mass is 16.2. The molecule has 2 N–H and O–H groups in total. The molecule has 140 valence electrons. The van der Waals surface area contributed by atoms with E-state index < -0.39 is 0 Å². The number of nitrogens with zero attached hydrogens (tertiary/aromatic N) is 4. The molecule has 7 nitrogen and oxygen atoms in total. The van der Waals surface area contributed by atoms with Crippen LogP contribution in [0.25, 0.3) is 0 Å². The summed E-state index contributed by atoms with van der Waals surface area (Å²) in [5, 5.41) is 5.65. The van der Waals surface area contributed by atoms with Crippen molar-refractivity contribution in [3.05, 3.63) is 36.0 Å². The molecule has 1 heterocycles. The molecule has 0 radical (unpaired) electrons. The maximum Gasteiger partial charge on any atom is 0.323 e. The second-order valence-electron chi connectivity index (χ2n) is 7.60. The molecule has 7 heteroatoms. The van der Waals surface area contributed by atoms with Gasteiger partial charge in [-0.2, -0.15) is 4.98 Å². The van der Waals surface area contributed by atoms with Crippen molar-refractivity contribution in [1.29, 1.82) is 0 Å². The smallest absolute Gasteiger partial charge is 0.323 e. The number of aromatic nitrogens is 2. The van der Waals surface area contributed by atoms with Gasteiger partial charge < -0.3 is 20.4 Å². The number of benzene rings is 1. The molecule has 0 saturated carbocycles. The molecule has 0 fully saturated rings. The molecule has 0 aliphatic rings. The summed E-state index contributed by atoms with van der Waals surface area (Å²) in [4.78, 5) is 24.7. The van der Waals surface area contributed by atoms with Crippen LogP contribution in [-0.2, 0) is 5.41 Å². The van der Waals surface area contributed by atoms with Crippen molar-refractivity contribution < 1.29 is 4.79 Å². The minimum atomic E-state index is -0.335. The van der Waals surface area contributed by atoms with Crippen molar-refractivity contribution in [2.24, 2.45) is 0 Å². The van der Waals surface area contributed by atoms with Crippen LogP contribution in [0.5, 0.6) is 0 Å². The molecule has 0 spiro atoms. The molecule has 1 aromatic heterocycles. The van der Waals surface area contributed by atoms with Gasteiger partial charge in [0.25, 0.3) is 0 Å². The number of anilines is 4. The van der Waals surface area contributed by atoms with Crippen LogP contribution in [0.4, 0.5) is 27.9 Å². The van der Waals surface area contributed by atoms with Crippen LogP contribution in [-0.4, -0.2) is 44.2 Å². The maximum atomic E-state index is 12.4. The van der Waals surface area contributed by atoms with Gasteiger partial charge in [-0.1, -0.05) is 32.9 Å². The van der Waals surface area contributed by atoms with E-state index in [4.69, 9.17) is 0 Å². The number of urea groups is 1. The van der Waals surface area contributed by atoms with Crippen LogP contribution in [0, 0.1) is 0 Å². The van der Waals surface area contributed by atoms with Gasteiger partial charge in [-0.3, -0.25) is 0 Å². The highest BCUT2D eigenvalue weighted by molar-refractivity contribution is 6.01. The van der Waals surface area contributed by atoms with Crippen LogP contribution in [0.15, 0.2) is 30.5 Å². The molecule has 2 rings (SSSR count). The fraction of sp³-hybridized carbons (Fsp3) is 0.421. The Labute approximate surface area is 155 Å². The lowest BCUT2D eigenvalue weighted by Gasteiger charge is -2.20.